The molecule has 1 unspecified atom stereocenters. The fourth-order valence-corrected chi connectivity index (χ4v) is 4.32. The zero-order valence-electron chi connectivity index (χ0n) is 13.6. The molecule has 1 aromatic heterocycles. The van der Waals surface area contributed by atoms with Gasteiger partial charge in [0.15, 0.2) is 5.82 Å². The highest BCUT2D eigenvalue weighted by atomic mass is 35.5. The molecule has 2 aliphatic heterocycles. The van der Waals surface area contributed by atoms with Gasteiger partial charge in [0.25, 0.3) is 5.91 Å². The van der Waals surface area contributed by atoms with E-state index in [-0.39, 0.29) is 23.3 Å². The molecular formula is C18H17ClN4O2. The van der Waals surface area contributed by atoms with Gasteiger partial charge in [-0.25, -0.2) is 4.98 Å². The number of ether oxygens (including phenoxy) is 1. The average molecular weight is 357 g/mol. The maximum absolute atomic E-state index is 13.3. The molecule has 1 aliphatic carbocycles. The summed E-state index contributed by atoms with van der Waals surface area (Å²) in [4.78, 5) is 25.8. The molecule has 0 N–H and O–H groups in total. The van der Waals surface area contributed by atoms with E-state index in [9.17, 15) is 4.79 Å². The Hall–Kier alpha value is -2.18. The molecule has 128 valence electrons. The summed E-state index contributed by atoms with van der Waals surface area (Å²) in [6.45, 7) is 1.59. The maximum Gasteiger partial charge on any atom is 0.252 e. The fourth-order valence-electron chi connectivity index (χ4n) is 4.19. The standard InChI is InChI=1S/C18H17ClN4O2/c19-18-20-9-14-16(21-18)22-7-8-25-10-15(22)17(24)23(14)13-6-5-11-3-1-2-4-12(11)13/h1-4,9,13,15H,5-8,10H2/t13-,15?/m0/s1. The van der Waals surface area contributed by atoms with E-state index >= 15 is 0 Å². The summed E-state index contributed by atoms with van der Waals surface area (Å²) in [6.07, 6.45) is 3.55. The summed E-state index contributed by atoms with van der Waals surface area (Å²) in [7, 11) is 0. The Morgan fingerprint density at radius 3 is 3.04 bits per heavy atom. The van der Waals surface area contributed by atoms with Gasteiger partial charge in [-0.15, -0.1) is 0 Å². The van der Waals surface area contributed by atoms with Gasteiger partial charge in [-0.05, 0) is 35.6 Å². The molecule has 1 amide bonds. The molecule has 2 atom stereocenters. The molecule has 25 heavy (non-hydrogen) atoms. The number of halogens is 1. The number of rotatable bonds is 1. The van der Waals surface area contributed by atoms with Crippen molar-refractivity contribution in [1.82, 2.24) is 9.97 Å². The van der Waals surface area contributed by atoms with E-state index in [1.807, 2.05) is 21.9 Å². The normalized spacial score (nSPS) is 24.8. The van der Waals surface area contributed by atoms with Crippen molar-refractivity contribution in [2.45, 2.75) is 24.9 Å². The third-order valence-electron chi connectivity index (χ3n) is 5.32. The topological polar surface area (TPSA) is 58.6 Å². The molecule has 2 aromatic rings. The van der Waals surface area contributed by atoms with Crippen molar-refractivity contribution >= 4 is 29.0 Å². The maximum atomic E-state index is 13.3. The molecule has 1 saturated heterocycles. The second-order valence-electron chi connectivity index (χ2n) is 6.59. The molecule has 1 fully saturated rings. The minimum atomic E-state index is -0.347. The Balaban J connectivity index is 1.65. The van der Waals surface area contributed by atoms with Gasteiger partial charge in [0.1, 0.15) is 11.7 Å². The highest BCUT2D eigenvalue weighted by molar-refractivity contribution is 6.28. The van der Waals surface area contributed by atoms with Crippen LogP contribution >= 0.6 is 11.6 Å². The number of amides is 1. The van der Waals surface area contributed by atoms with Crippen molar-refractivity contribution in [3.8, 4) is 0 Å². The van der Waals surface area contributed by atoms with E-state index in [1.54, 1.807) is 6.20 Å². The minimum Gasteiger partial charge on any atom is -0.377 e. The highest BCUT2D eigenvalue weighted by Gasteiger charge is 2.45. The summed E-state index contributed by atoms with van der Waals surface area (Å²) >= 11 is 6.05. The van der Waals surface area contributed by atoms with Crippen molar-refractivity contribution < 1.29 is 9.53 Å². The highest BCUT2D eigenvalue weighted by Crippen LogP contribution is 2.44. The lowest BCUT2D eigenvalue weighted by Gasteiger charge is -2.45. The monoisotopic (exact) mass is 356 g/mol. The number of fused-ring (bicyclic) bond motifs is 4. The van der Waals surface area contributed by atoms with Gasteiger partial charge in [0, 0.05) is 6.54 Å². The molecule has 3 heterocycles. The van der Waals surface area contributed by atoms with Gasteiger partial charge < -0.3 is 9.64 Å². The number of carbonyl (C=O) groups excluding carboxylic acids is 1. The molecule has 7 heteroatoms. The van der Waals surface area contributed by atoms with Crippen LogP contribution < -0.4 is 9.80 Å². The Bertz CT molecular complexity index is 859. The van der Waals surface area contributed by atoms with Gasteiger partial charge in [-0.3, -0.25) is 9.69 Å². The van der Waals surface area contributed by atoms with Gasteiger partial charge in [0.05, 0.1) is 25.5 Å². The number of aryl methyl sites for hydroxylation is 1. The number of hydrogen-bond acceptors (Lipinski definition) is 5. The minimum absolute atomic E-state index is 0.0105. The van der Waals surface area contributed by atoms with Gasteiger partial charge in [0.2, 0.25) is 5.28 Å². The number of benzene rings is 1. The number of anilines is 2. The fraction of sp³-hybridized carbons (Fsp3) is 0.389. The van der Waals surface area contributed by atoms with Gasteiger partial charge in [-0.2, -0.15) is 4.98 Å². The molecule has 6 nitrogen and oxygen atoms in total. The number of hydrogen-bond donors (Lipinski definition) is 0. The molecule has 0 radical (unpaired) electrons. The molecule has 5 rings (SSSR count). The van der Waals surface area contributed by atoms with E-state index in [1.165, 1.54) is 11.1 Å². The van der Waals surface area contributed by atoms with Crippen LogP contribution in [0.3, 0.4) is 0 Å². The van der Waals surface area contributed by atoms with Crippen LogP contribution in [0.2, 0.25) is 5.28 Å². The third-order valence-corrected chi connectivity index (χ3v) is 5.50. The summed E-state index contributed by atoms with van der Waals surface area (Å²) < 4.78 is 5.57. The number of carbonyl (C=O) groups is 1. The number of nitrogens with zero attached hydrogens (tertiary/aromatic N) is 4. The number of morpholine rings is 1. The second-order valence-corrected chi connectivity index (χ2v) is 6.93. The van der Waals surface area contributed by atoms with E-state index in [2.05, 4.69) is 22.1 Å². The largest absolute Gasteiger partial charge is 0.377 e. The van der Waals surface area contributed by atoms with Crippen molar-refractivity contribution in [3.05, 3.63) is 46.9 Å². The molecule has 0 saturated carbocycles. The van der Waals surface area contributed by atoms with E-state index in [4.69, 9.17) is 16.3 Å². The van der Waals surface area contributed by atoms with Crippen molar-refractivity contribution in [2.75, 3.05) is 29.6 Å². The van der Waals surface area contributed by atoms with Crippen LogP contribution in [0.15, 0.2) is 30.5 Å². The average Bonchev–Trinajstić information content (AvgIpc) is 3.06. The smallest absolute Gasteiger partial charge is 0.252 e. The van der Waals surface area contributed by atoms with Crippen molar-refractivity contribution in [1.29, 1.82) is 0 Å². The predicted molar refractivity (Wildman–Crippen MR) is 94.0 cm³/mol. The first-order valence-corrected chi connectivity index (χ1v) is 8.89. The quantitative estimate of drug-likeness (QED) is 0.734. The van der Waals surface area contributed by atoms with Crippen LogP contribution in [-0.2, 0) is 16.0 Å². The summed E-state index contributed by atoms with van der Waals surface area (Å²) in [5.74, 6) is 0.789. The lowest BCUT2D eigenvalue weighted by molar-refractivity contribution is -0.123. The Kier molecular flexibility index (Phi) is 3.43. The van der Waals surface area contributed by atoms with Crippen LogP contribution in [0.25, 0.3) is 0 Å². The van der Waals surface area contributed by atoms with Crippen LogP contribution in [0.1, 0.15) is 23.6 Å². The zero-order valence-corrected chi connectivity index (χ0v) is 14.3. The first kappa shape index (κ1) is 15.1. The van der Waals surface area contributed by atoms with Crippen LogP contribution in [-0.4, -0.2) is 41.7 Å². The summed E-state index contributed by atoms with van der Waals surface area (Å²) in [6, 6.07) is 7.99. The zero-order chi connectivity index (χ0) is 17.0. The lowest BCUT2D eigenvalue weighted by atomic mass is 10.0. The molecule has 3 aliphatic rings. The predicted octanol–water partition coefficient (Wildman–Crippen LogP) is 2.37. The van der Waals surface area contributed by atoms with Gasteiger partial charge >= 0.3 is 0 Å². The van der Waals surface area contributed by atoms with E-state index in [0.717, 1.165) is 24.3 Å². The van der Waals surface area contributed by atoms with E-state index in [0.29, 0.717) is 19.8 Å². The van der Waals surface area contributed by atoms with Crippen molar-refractivity contribution in [2.24, 2.45) is 0 Å². The summed E-state index contributed by atoms with van der Waals surface area (Å²) in [5.41, 5.74) is 3.26. The van der Waals surface area contributed by atoms with Crippen LogP contribution in [0.5, 0.6) is 0 Å². The SMILES string of the molecule is O=C1C2COCCN2c2nc(Cl)ncc2N1[C@H]1CCc2ccccc21. The van der Waals surface area contributed by atoms with Crippen molar-refractivity contribution in [3.63, 3.8) is 0 Å². The van der Waals surface area contributed by atoms with Gasteiger partial charge in [-0.1, -0.05) is 24.3 Å². The molecular weight excluding hydrogens is 340 g/mol. The number of aromatic nitrogens is 2. The van der Waals surface area contributed by atoms with Crippen LogP contribution in [0, 0.1) is 0 Å². The van der Waals surface area contributed by atoms with E-state index < -0.39 is 0 Å². The molecule has 0 spiro atoms. The Morgan fingerprint density at radius 1 is 1.24 bits per heavy atom. The first-order valence-electron chi connectivity index (χ1n) is 8.52. The molecule has 1 aromatic carbocycles. The summed E-state index contributed by atoms with van der Waals surface area (Å²) in [5, 5.41) is 0.199. The molecule has 0 bridgehead atoms. The third kappa shape index (κ3) is 2.24. The van der Waals surface area contributed by atoms with Crippen LogP contribution in [0.4, 0.5) is 11.5 Å². The first-order chi connectivity index (χ1) is 12.2. The Morgan fingerprint density at radius 2 is 2.12 bits per heavy atom. The lowest BCUT2D eigenvalue weighted by Crippen LogP contribution is -2.59. The Labute approximate surface area is 150 Å². The second kappa shape index (κ2) is 5.68.